The maximum absolute atomic E-state index is 11.5. The number of unbranched alkanes of at least 4 members (excludes halogenated alkanes) is 6. The fraction of sp³-hybridized carbons (Fsp3) is 0.700. The monoisotopic (exact) mass is 175 g/mol. The van der Waals surface area contributed by atoms with Crippen LogP contribution in [-0.2, 0) is 0 Å². The Balaban J connectivity index is 2.96. The molecule has 71 valence electrons. The molecule has 0 nitrogen and oxygen atoms in total. The lowest BCUT2D eigenvalue weighted by atomic mass is 10.1. The highest BCUT2D eigenvalue weighted by atomic mass is 19.3. The van der Waals surface area contributed by atoms with E-state index >= 15 is 0 Å². The first-order valence-corrected chi connectivity index (χ1v) is 4.57. The van der Waals surface area contributed by atoms with Gasteiger partial charge in [-0.2, -0.15) is 8.78 Å². The summed E-state index contributed by atoms with van der Waals surface area (Å²) in [6.45, 7) is 3.73. The minimum absolute atomic E-state index is 0.521. The Bertz CT molecular complexity index is 115. The van der Waals surface area contributed by atoms with Crippen molar-refractivity contribution in [3.8, 4) is 0 Å². The summed E-state index contributed by atoms with van der Waals surface area (Å²) in [5.41, 5.74) is 0. The highest BCUT2D eigenvalue weighted by molar-refractivity contribution is 4.79. The van der Waals surface area contributed by atoms with Crippen LogP contribution in [-0.4, -0.2) is 0 Å². The largest absolute Gasteiger partial charge is 0.266 e. The number of halogens is 2. The molecule has 0 aliphatic rings. The molecule has 0 saturated carbocycles. The maximum atomic E-state index is 11.5. The lowest BCUT2D eigenvalue weighted by Crippen LogP contribution is -1.77. The third-order valence-corrected chi connectivity index (χ3v) is 1.75. The van der Waals surface area contributed by atoms with Crippen molar-refractivity contribution in [2.75, 3.05) is 0 Å². The first-order chi connectivity index (χ1) is 5.77. The van der Waals surface area contributed by atoms with Gasteiger partial charge in [0.1, 0.15) is 0 Å². The van der Waals surface area contributed by atoms with E-state index in [1.54, 1.807) is 0 Å². The standard InChI is InChI=1S/C10H17F2/c1-2-3-4-5-6-7-8-9-10(11)12/h9H,1-8H2. The van der Waals surface area contributed by atoms with Crippen molar-refractivity contribution in [3.05, 3.63) is 19.1 Å². The summed E-state index contributed by atoms with van der Waals surface area (Å²) < 4.78 is 23.0. The molecule has 0 spiro atoms. The van der Waals surface area contributed by atoms with Gasteiger partial charge < -0.3 is 0 Å². The molecule has 0 unspecified atom stereocenters. The lowest BCUT2D eigenvalue weighted by molar-refractivity contribution is 0.416. The minimum Gasteiger partial charge on any atom is -0.174 e. The molecule has 0 aliphatic carbocycles. The Morgan fingerprint density at radius 2 is 1.58 bits per heavy atom. The van der Waals surface area contributed by atoms with Crippen LogP contribution >= 0.6 is 0 Å². The molecule has 0 aromatic heterocycles. The van der Waals surface area contributed by atoms with Crippen LogP contribution in [0.4, 0.5) is 8.78 Å². The zero-order valence-electron chi connectivity index (χ0n) is 7.49. The Morgan fingerprint density at radius 1 is 1.00 bits per heavy atom. The van der Waals surface area contributed by atoms with E-state index in [-0.39, 0.29) is 0 Å². The topological polar surface area (TPSA) is 0 Å². The molecule has 0 rings (SSSR count). The Morgan fingerprint density at radius 3 is 2.17 bits per heavy atom. The molecule has 0 aromatic rings. The number of rotatable bonds is 7. The third kappa shape index (κ3) is 9.60. The summed E-state index contributed by atoms with van der Waals surface area (Å²) in [5.74, 6) is 0. The molecule has 0 atom stereocenters. The van der Waals surface area contributed by atoms with Gasteiger partial charge in [0, 0.05) is 0 Å². The van der Waals surface area contributed by atoms with E-state index in [2.05, 4.69) is 6.92 Å². The van der Waals surface area contributed by atoms with Gasteiger partial charge in [-0.1, -0.05) is 39.0 Å². The highest BCUT2D eigenvalue weighted by Gasteiger charge is 1.90. The Hall–Kier alpha value is -0.400. The molecule has 0 N–H and O–H groups in total. The quantitative estimate of drug-likeness (QED) is 0.505. The normalized spacial score (nSPS) is 9.92. The second-order valence-corrected chi connectivity index (χ2v) is 2.90. The van der Waals surface area contributed by atoms with Crippen molar-refractivity contribution in [3.63, 3.8) is 0 Å². The van der Waals surface area contributed by atoms with Gasteiger partial charge in [-0.15, -0.1) is 0 Å². The summed E-state index contributed by atoms with van der Waals surface area (Å²) in [6, 6.07) is 0. The predicted octanol–water partition coefficient (Wildman–Crippen LogP) is 4.33. The number of allylic oxidation sites excluding steroid dienone is 1. The molecule has 0 aliphatic heterocycles. The second-order valence-electron chi connectivity index (χ2n) is 2.90. The number of hydrogen-bond acceptors (Lipinski definition) is 0. The van der Waals surface area contributed by atoms with Crippen molar-refractivity contribution < 1.29 is 8.78 Å². The van der Waals surface area contributed by atoms with E-state index in [0.29, 0.717) is 6.42 Å². The van der Waals surface area contributed by atoms with Gasteiger partial charge in [0.25, 0.3) is 6.08 Å². The van der Waals surface area contributed by atoms with E-state index in [1.807, 2.05) is 0 Å². The molecule has 0 fully saturated rings. The Labute approximate surface area is 73.7 Å². The molecule has 0 saturated heterocycles. The average Bonchev–Trinajstić information content (AvgIpc) is 2.02. The molecule has 1 radical (unpaired) electrons. The lowest BCUT2D eigenvalue weighted by Gasteiger charge is -1.96. The van der Waals surface area contributed by atoms with Crippen molar-refractivity contribution in [2.45, 2.75) is 44.9 Å². The van der Waals surface area contributed by atoms with Crippen LogP contribution in [0.2, 0.25) is 0 Å². The minimum atomic E-state index is -1.55. The van der Waals surface area contributed by atoms with E-state index in [9.17, 15) is 8.78 Å². The molecular formula is C10H17F2. The van der Waals surface area contributed by atoms with Gasteiger partial charge in [0.2, 0.25) is 0 Å². The fourth-order valence-electron chi connectivity index (χ4n) is 1.06. The van der Waals surface area contributed by atoms with Crippen LogP contribution in [0.3, 0.4) is 0 Å². The predicted molar refractivity (Wildman–Crippen MR) is 48.0 cm³/mol. The molecule has 0 amide bonds. The van der Waals surface area contributed by atoms with E-state index in [1.165, 1.54) is 6.42 Å². The molecular weight excluding hydrogens is 158 g/mol. The summed E-state index contributed by atoms with van der Waals surface area (Å²) >= 11 is 0. The zero-order valence-corrected chi connectivity index (χ0v) is 7.49. The maximum Gasteiger partial charge on any atom is 0.266 e. The van der Waals surface area contributed by atoms with Gasteiger partial charge in [0.15, 0.2) is 0 Å². The summed E-state index contributed by atoms with van der Waals surface area (Å²) in [4.78, 5) is 0. The van der Waals surface area contributed by atoms with E-state index in [0.717, 1.165) is 38.2 Å². The molecule has 0 bridgehead atoms. The second kappa shape index (κ2) is 8.69. The Kier molecular flexibility index (Phi) is 8.40. The van der Waals surface area contributed by atoms with Crippen LogP contribution in [0.1, 0.15) is 44.9 Å². The van der Waals surface area contributed by atoms with Crippen LogP contribution in [0, 0.1) is 6.92 Å². The van der Waals surface area contributed by atoms with E-state index < -0.39 is 6.08 Å². The van der Waals surface area contributed by atoms with Gasteiger partial charge in [-0.3, -0.25) is 0 Å². The van der Waals surface area contributed by atoms with E-state index in [4.69, 9.17) is 0 Å². The van der Waals surface area contributed by atoms with Gasteiger partial charge in [-0.05, 0) is 18.9 Å². The molecule has 0 aromatic carbocycles. The fourth-order valence-corrected chi connectivity index (χ4v) is 1.06. The highest BCUT2D eigenvalue weighted by Crippen LogP contribution is 2.08. The summed E-state index contributed by atoms with van der Waals surface area (Å²) in [6.07, 6.45) is 6.40. The van der Waals surface area contributed by atoms with Gasteiger partial charge in [0.05, 0.1) is 0 Å². The van der Waals surface area contributed by atoms with Crippen LogP contribution in [0.15, 0.2) is 12.2 Å². The zero-order chi connectivity index (χ0) is 9.23. The molecule has 0 heterocycles. The van der Waals surface area contributed by atoms with Crippen LogP contribution in [0.25, 0.3) is 0 Å². The number of hydrogen-bond donors (Lipinski definition) is 0. The first kappa shape index (κ1) is 11.6. The van der Waals surface area contributed by atoms with Crippen molar-refractivity contribution in [2.24, 2.45) is 0 Å². The van der Waals surface area contributed by atoms with Gasteiger partial charge in [-0.25, -0.2) is 0 Å². The summed E-state index contributed by atoms with van der Waals surface area (Å²) in [5, 5.41) is 0. The first-order valence-electron chi connectivity index (χ1n) is 4.57. The van der Waals surface area contributed by atoms with Crippen molar-refractivity contribution in [1.29, 1.82) is 0 Å². The smallest absolute Gasteiger partial charge is 0.174 e. The van der Waals surface area contributed by atoms with Crippen LogP contribution in [0.5, 0.6) is 0 Å². The SMILES string of the molecule is [CH2]CCCCCCCC=C(F)F. The third-order valence-electron chi connectivity index (χ3n) is 1.75. The molecule has 2 heteroatoms. The van der Waals surface area contributed by atoms with Crippen molar-refractivity contribution >= 4 is 0 Å². The van der Waals surface area contributed by atoms with Crippen LogP contribution < -0.4 is 0 Å². The molecule has 12 heavy (non-hydrogen) atoms. The summed E-state index contributed by atoms with van der Waals surface area (Å²) in [7, 11) is 0. The average molecular weight is 175 g/mol. The van der Waals surface area contributed by atoms with Gasteiger partial charge >= 0.3 is 0 Å². The van der Waals surface area contributed by atoms with Crippen molar-refractivity contribution in [1.82, 2.24) is 0 Å².